The first-order valence-corrected chi connectivity index (χ1v) is 5.24. The molecule has 86 valence electrons. The van der Waals surface area contributed by atoms with Gasteiger partial charge >= 0.3 is 0 Å². The van der Waals surface area contributed by atoms with Gasteiger partial charge in [-0.25, -0.2) is 4.98 Å². The normalized spacial score (nSPS) is 10.2. The van der Waals surface area contributed by atoms with Crippen LogP contribution in [0.3, 0.4) is 0 Å². The fraction of sp³-hybridized carbons (Fsp3) is 0. The van der Waals surface area contributed by atoms with E-state index in [1.165, 1.54) is 0 Å². The molecule has 6 nitrogen and oxygen atoms in total. The van der Waals surface area contributed by atoms with Crippen LogP contribution in [0.4, 0.5) is 5.69 Å². The Hall–Kier alpha value is -2.85. The van der Waals surface area contributed by atoms with E-state index in [9.17, 15) is 0 Å². The van der Waals surface area contributed by atoms with Crippen LogP contribution in [0.25, 0.3) is 33.1 Å². The van der Waals surface area contributed by atoms with E-state index in [0.717, 1.165) is 0 Å². The van der Waals surface area contributed by atoms with Gasteiger partial charge in [0.1, 0.15) is 11.2 Å². The summed E-state index contributed by atoms with van der Waals surface area (Å²) in [4.78, 5) is 11.2. The van der Waals surface area contributed by atoms with Crippen LogP contribution in [-0.4, -0.2) is 9.97 Å². The summed E-state index contributed by atoms with van der Waals surface area (Å²) in [5.74, 6) is 0.448. The molecular formula is C12H7N5O. The molecule has 0 atom stereocenters. The van der Waals surface area contributed by atoms with Crippen LogP contribution >= 0.6 is 0 Å². The van der Waals surface area contributed by atoms with Gasteiger partial charge in [0, 0.05) is 16.8 Å². The van der Waals surface area contributed by atoms with Gasteiger partial charge in [-0.2, -0.15) is 0 Å². The van der Waals surface area contributed by atoms with Gasteiger partial charge in [0.05, 0.1) is 0 Å². The minimum Gasteiger partial charge on any atom is -0.435 e. The van der Waals surface area contributed by atoms with E-state index in [-0.39, 0.29) is 0 Å². The number of pyridine rings is 1. The lowest BCUT2D eigenvalue weighted by molar-refractivity contribution is 0.617. The predicted molar refractivity (Wildman–Crippen MR) is 66.0 cm³/mol. The van der Waals surface area contributed by atoms with E-state index < -0.39 is 0 Å². The van der Waals surface area contributed by atoms with Gasteiger partial charge < -0.3 is 4.42 Å². The average Bonchev–Trinajstić information content (AvgIpc) is 2.83. The first-order chi connectivity index (χ1) is 8.86. The number of hydrogen-bond donors (Lipinski definition) is 0. The van der Waals surface area contributed by atoms with Crippen molar-refractivity contribution >= 4 is 16.8 Å². The molecule has 0 bridgehead atoms. The van der Waals surface area contributed by atoms with E-state index in [2.05, 4.69) is 20.0 Å². The van der Waals surface area contributed by atoms with Crippen molar-refractivity contribution in [2.45, 2.75) is 0 Å². The number of fused-ring (bicyclic) bond motifs is 1. The average molecular weight is 237 g/mol. The predicted octanol–water partition coefficient (Wildman–Crippen LogP) is 3.83. The summed E-state index contributed by atoms with van der Waals surface area (Å²) in [7, 11) is 0. The van der Waals surface area contributed by atoms with Crippen LogP contribution in [0.1, 0.15) is 0 Å². The third-order valence-corrected chi connectivity index (χ3v) is 2.42. The Morgan fingerprint density at radius 1 is 1.22 bits per heavy atom. The molecule has 18 heavy (non-hydrogen) atoms. The third kappa shape index (κ3) is 1.77. The highest BCUT2D eigenvalue weighted by Crippen LogP contribution is 2.25. The van der Waals surface area contributed by atoms with E-state index >= 15 is 0 Å². The van der Waals surface area contributed by atoms with Crippen molar-refractivity contribution in [1.29, 1.82) is 0 Å². The highest BCUT2D eigenvalue weighted by atomic mass is 16.3. The second-order valence-corrected chi connectivity index (χ2v) is 3.58. The Balaban J connectivity index is 2.14. The second-order valence-electron chi connectivity index (χ2n) is 3.58. The van der Waals surface area contributed by atoms with E-state index in [1.807, 2.05) is 18.2 Å². The molecule has 3 rings (SSSR count). The summed E-state index contributed by atoms with van der Waals surface area (Å²) in [5.41, 5.74) is 10.8. The first-order valence-electron chi connectivity index (χ1n) is 5.24. The SMILES string of the molecule is [N-]=[N+]=Nc1ccc2oc(-c3ccccn3)nc2c1. The van der Waals surface area contributed by atoms with Gasteiger partial charge in [-0.05, 0) is 35.9 Å². The Morgan fingerprint density at radius 3 is 2.94 bits per heavy atom. The smallest absolute Gasteiger partial charge is 0.246 e. The molecule has 0 amide bonds. The molecule has 2 aromatic heterocycles. The second kappa shape index (κ2) is 4.20. The fourth-order valence-corrected chi connectivity index (χ4v) is 1.63. The molecule has 6 heteroatoms. The minimum absolute atomic E-state index is 0.448. The van der Waals surface area contributed by atoms with Crippen molar-refractivity contribution in [2.75, 3.05) is 0 Å². The Bertz CT molecular complexity index is 744. The van der Waals surface area contributed by atoms with Crippen LogP contribution in [0, 0.1) is 0 Å². The van der Waals surface area contributed by atoms with E-state index in [0.29, 0.717) is 28.4 Å². The molecule has 3 aromatic rings. The minimum atomic E-state index is 0.448. The summed E-state index contributed by atoms with van der Waals surface area (Å²) in [6.07, 6.45) is 1.68. The van der Waals surface area contributed by atoms with Crippen molar-refractivity contribution in [3.05, 3.63) is 53.0 Å². The topological polar surface area (TPSA) is 87.7 Å². The highest BCUT2D eigenvalue weighted by molar-refractivity contribution is 5.78. The molecule has 0 spiro atoms. The van der Waals surface area contributed by atoms with Crippen LogP contribution in [0.2, 0.25) is 0 Å². The lowest BCUT2D eigenvalue weighted by Gasteiger charge is -1.90. The van der Waals surface area contributed by atoms with Crippen LogP contribution in [0.15, 0.2) is 52.1 Å². The van der Waals surface area contributed by atoms with Gasteiger partial charge in [-0.15, -0.1) is 0 Å². The summed E-state index contributed by atoms with van der Waals surface area (Å²) < 4.78 is 5.58. The summed E-state index contributed by atoms with van der Waals surface area (Å²) in [6.45, 7) is 0. The van der Waals surface area contributed by atoms with Gasteiger partial charge in [0.25, 0.3) is 0 Å². The molecule has 0 aliphatic heterocycles. The molecule has 0 unspecified atom stereocenters. The molecule has 0 aliphatic carbocycles. The summed E-state index contributed by atoms with van der Waals surface area (Å²) >= 11 is 0. The number of benzene rings is 1. The molecule has 1 aromatic carbocycles. The summed E-state index contributed by atoms with van der Waals surface area (Å²) in [6, 6.07) is 10.6. The lowest BCUT2D eigenvalue weighted by atomic mass is 10.3. The lowest BCUT2D eigenvalue weighted by Crippen LogP contribution is -1.80. The zero-order valence-electron chi connectivity index (χ0n) is 9.19. The standard InChI is InChI=1S/C12H7N5O/c13-17-16-8-4-5-11-10(7-8)15-12(18-11)9-3-1-2-6-14-9/h1-7H. The number of oxazole rings is 1. The largest absolute Gasteiger partial charge is 0.435 e. The monoisotopic (exact) mass is 237 g/mol. The summed E-state index contributed by atoms with van der Waals surface area (Å²) in [5, 5.41) is 3.52. The van der Waals surface area contributed by atoms with Crippen LogP contribution < -0.4 is 0 Å². The number of rotatable bonds is 2. The first kappa shape index (κ1) is 10.3. The molecule has 0 saturated heterocycles. The van der Waals surface area contributed by atoms with Crippen molar-refractivity contribution in [2.24, 2.45) is 5.11 Å². The number of aromatic nitrogens is 2. The maximum Gasteiger partial charge on any atom is 0.246 e. The quantitative estimate of drug-likeness (QED) is 0.385. The zero-order chi connectivity index (χ0) is 12.4. The van der Waals surface area contributed by atoms with Gasteiger partial charge in [0.2, 0.25) is 5.89 Å². The molecule has 0 fully saturated rings. The molecule has 2 heterocycles. The Labute approximate surface area is 102 Å². The van der Waals surface area contributed by atoms with Crippen molar-refractivity contribution in [3.8, 4) is 11.6 Å². The molecule has 0 saturated carbocycles. The van der Waals surface area contributed by atoms with E-state index in [4.69, 9.17) is 9.95 Å². The van der Waals surface area contributed by atoms with Crippen molar-refractivity contribution in [3.63, 3.8) is 0 Å². The zero-order valence-corrected chi connectivity index (χ0v) is 9.19. The maximum absolute atomic E-state index is 8.38. The molecule has 0 radical (unpaired) electrons. The number of azide groups is 1. The Morgan fingerprint density at radius 2 is 2.17 bits per heavy atom. The van der Waals surface area contributed by atoms with Gasteiger partial charge in [-0.3, -0.25) is 4.98 Å². The number of hydrogen-bond acceptors (Lipinski definition) is 4. The highest BCUT2D eigenvalue weighted by Gasteiger charge is 2.08. The van der Waals surface area contributed by atoms with Crippen molar-refractivity contribution in [1.82, 2.24) is 9.97 Å². The van der Waals surface area contributed by atoms with E-state index in [1.54, 1.807) is 24.4 Å². The van der Waals surface area contributed by atoms with Crippen LogP contribution in [-0.2, 0) is 0 Å². The van der Waals surface area contributed by atoms with Gasteiger partial charge in [-0.1, -0.05) is 11.2 Å². The Kier molecular flexibility index (Phi) is 2.40. The maximum atomic E-state index is 8.38. The molecule has 0 N–H and O–H groups in total. The molecule has 0 aliphatic rings. The van der Waals surface area contributed by atoms with Crippen LogP contribution in [0.5, 0.6) is 0 Å². The third-order valence-electron chi connectivity index (χ3n) is 2.42. The van der Waals surface area contributed by atoms with Gasteiger partial charge in [0.15, 0.2) is 5.58 Å². The number of nitrogens with zero attached hydrogens (tertiary/aromatic N) is 5. The van der Waals surface area contributed by atoms with Crippen molar-refractivity contribution < 1.29 is 4.42 Å². The fourth-order valence-electron chi connectivity index (χ4n) is 1.63. The molecular weight excluding hydrogens is 230 g/mol.